The number of amides is 1. The van der Waals surface area contributed by atoms with E-state index in [0.29, 0.717) is 36.3 Å². The number of aromatic amines is 2. The van der Waals surface area contributed by atoms with Crippen LogP contribution in [0.2, 0.25) is 0 Å². The quantitative estimate of drug-likeness (QED) is 0.245. The highest BCUT2D eigenvalue weighted by atomic mass is 16.2. The summed E-state index contributed by atoms with van der Waals surface area (Å²) in [7, 11) is 0. The van der Waals surface area contributed by atoms with Gasteiger partial charge in [0.25, 0.3) is 5.91 Å². The Bertz CT molecular complexity index is 1940. The Balaban J connectivity index is 1.10. The lowest BCUT2D eigenvalue weighted by molar-refractivity contribution is 0.0690. The molecule has 1 aromatic carbocycles. The predicted molar refractivity (Wildman–Crippen MR) is 165 cm³/mol. The number of likely N-dealkylation sites (tertiary alicyclic amines) is 1. The van der Waals surface area contributed by atoms with Crippen molar-refractivity contribution in [3.8, 4) is 22.6 Å². The van der Waals surface area contributed by atoms with Gasteiger partial charge >= 0.3 is 0 Å². The standard InChI is InChI=1S/C32H34N10O/c1-4-33-14-22-15-35-16-25(19(22)2)21-5-6-26-24(13-21)30(40-39-26)31-36-18-28(38-31)32(43)41-11-8-23(9-12-41)42-20(3)37-27-17-34-10-7-29(27)42/h5-7,10,13,15-18,23,33H,4,8-9,11-12,14H2,1-3H3,(H,36,38)(H,39,40). The number of piperidine rings is 1. The van der Waals surface area contributed by atoms with Gasteiger partial charge in [0.05, 0.1) is 23.4 Å². The first-order valence-corrected chi connectivity index (χ1v) is 14.8. The zero-order chi connectivity index (χ0) is 29.5. The summed E-state index contributed by atoms with van der Waals surface area (Å²) >= 11 is 0. The number of hydrogen-bond acceptors (Lipinski definition) is 7. The summed E-state index contributed by atoms with van der Waals surface area (Å²) < 4.78 is 2.29. The molecule has 1 fully saturated rings. The van der Waals surface area contributed by atoms with Crippen LogP contribution in [0.15, 0.2) is 55.2 Å². The van der Waals surface area contributed by atoms with Crippen molar-refractivity contribution in [2.45, 2.75) is 46.2 Å². The molecule has 1 aliphatic rings. The molecule has 218 valence electrons. The van der Waals surface area contributed by atoms with E-state index in [9.17, 15) is 4.79 Å². The van der Waals surface area contributed by atoms with Crippen molar-refractivity contribution >= 4 is 27.8 Å². The zero-order valence-electron chi connectivity index (χ0n) is 24.6. The molecule has 1 amide bonds. The van der Waals surface area contributed by atoms with Crippen LogP contribution in [-0.4, -0.2) is 70.1 Å². The van der Waals surface area contributed by atoms with Crippen LogP contribution < -0.4 is 5.32 Å². The van der Waals surface area contributed by atoms with Gasteiger partial charge in [0, 0.05) is 55.2 Å². The van der Waals surface area contributed by atoms with E-state index in [0.717, 1.165) is 64.8 Å². The highest BCUT2D eigenvalue weighted by Gasteiger charge is 2.28. The normalized spacial score (nSPS) is 14.3. The van der Waals surface area contributed by atoms with Gasteiger partial charge in [-0.15, -0.1) is 0 Å². The fourth-order valence-corrected chi connectivity index (χ4v) is 6.24. The van der Waals surface area contributed by atoms with E-state index < -0.39 is 0 Å². The second-order valence-electron chi connectivity index (χ2n) is 11.1. The third-order valence-corrected chi connectivity index (χ3v) is 8.57. The molecule has 11 nitrogen and oxygen atoms in total. The number of carbonyl (C=O) groups is 1. The number of hydrogen-bond donors (Lipinski definition) is 3. The molecule has 6 aromatic rings. The number of benzene rings is 1. The fourth-order valence-electron chi connectivity index (χ4n) is 6.24. The third kappa shape index (κ3) is 4.85. The second-order valence-corrected chi connectivity index (χ2v) is 11.1. The lowest BCUT2D eigenvalue weighted by Gasteiger charge is -2.33. The van der Waals surface area contributed by atoms with Crippen LogP contribution in [0.4, 0.5) is 0 Å². The van der Waals surface area contributed by atoms with Crippen LogP contribution in [0.1, 0.15) is 53.2 Å². The number of nitrogens with one attached hydrogen (secondary N) is 3. The summed E-state index contributed by atoms with van der Waals surface area (Å²) in [5.74, 6) is 1.49. The van der Waals surface area contributed by atoms with E-state index in [2.05, 4.69) is 71.0 Å². The number of nitrogens with zero attached hydrogens (tertiary/aromatic N) is 7. The Morgan fingerprint density at radius 2 is 1.93 bits per heavy atom. The van der Waals surface area contributed by atoms with Crippen molar-refractivity contribution in [1.82, 2.24) is 49.9 Å². The van der Waals surface area contributed by atoms with E-state index in [4.69, 9.17) is 0 Å². The van der Waals surface area contributed by atoms with Crippen LogP contribution in [0.25, 0.3) is 44.6 Å². The lowest BCUT2D eigenvalue weighted by atomic mass is 9.98. The summed E-state index contributed by atoms with van der Waals surface area (Å²) in [5, 5.41) is 12.0. The molecule has 0 saturated carbocycles. The Morgan fingerprint density at radius 3 is 2.77 bits per heavy atom. The first kappa shape index (κ1) is 27.0. The Morgan fingerprint density at radius 1 is 1.07 bits per heavy atom. The Kier molecular flexibility index (Phi) is 6.94. The number of aryl methyl sites for hydroxylation is 1. The lowest BCUT2D eigenvalue weighted by Crippen LogP contribution is -2.39. The number of rotatable bonds is 7. The van der Waals surface area contributed by atoms with Gasteiger partial charge in [-0.05, 0) is 68.1 Å². The topological polar surface area (TPSA) is 133 Å². The molecule has 0 bridgehead atoms. The minimum Gasteiger partial charge on any atom is -0.337 e. The number of H-pyrrole nitrogens is 2. The average molecular weight is 575 g/mol. The van der Waals surface area contributed by atoms with Gasteiger partial charge in [-0.3, -0.25) is 19.9 Å². The second kappa shape index (κ2) is 11.1. The van der Waals surface area contributed by atoms with Gasteiger partial charge in [0.15, 0.2) is 5.82 Å². The van der Waals surface area contributed by atoms with Gasteiger partial charge in [0.2, 0.25) is 0 Å². The summed E-state index contributed by atoms with van der Waals surface area (Å²) in [4.78, 5) is 36.6. The highest BCUT2D eigenvalue weighted by Crippen LogP contribution is 2.32. The largest absolute Gasteiger partial charge is 0.337 e. The molecule has 5 aromatic heterocycles. The third-order valence-electron chi connectivity index (χ3n) is 8.57. The molecule has 3 N–H and O–H groups in total. The van der Waals surface area contributed by atoms with Crippen LogP contribution >= 0.6 is 0 Å². The molecule has 0 radical (unpaired) electrons. The molecule has 0 unspecified atom stereocenters. The van der Waals surface area contributed by atoms with Crippen LogP contribution in [0.3, 0.4) is 0 Å². The maximum absolute atomic E-state index is 13.5. The van der Waals surface area contributed by atoms with Crippen molar-refractivity contribution in [2.75, 3.05) is 19.6 Å². The zero-order valence-corrected chi connectivity index (χ0v) is 24.6. The maximum atomic E-state index is 13.5. The Labute approximate surface area is 248 Å². The van der Waals surface area contributed by atoms with Gasteiger partial charge in [-0.1, -0.05) is 13.0 Å². The van der Waals surface area contributed by atoms with E-state index in [1.165, 1.54) is 11.1 Å². The first-order chi connectivity index (χ1) is 21.0. The molecular formula is C32H34N10O. The molecule has 0 aliphatic carbocycles. The molecule has 0 atom stereocenters. The average Bonchev–Trinajstić information content (AvgIpc) is 3.76. The van der Waals surface area contributed by atoms with Gasteiger partial charge in [-0.25, -0.2) is 9.97 Å². The van der Waals surface area contributed by atoms with E-state index >= 15 is 0 Å². The SMILES string of the molecule is CCNCc1cncc(-c2ccc3[nH]nc(-c4ncc(C(=O)N5CCC(n6c(C)nc7cnccc76)CC5)[nH]4)c3c2)c1C. The van der Waals surface area contributed by atoms with Crippen molar-refractivity contribution in [2.24, 2.45) is 0 Å². The minimum atomic E-state index is -0.0478. The summed E-state index contributed by atoms with van der Waals surface area (Å²) in [6, 6.07) is 8.53. The monoisotopic (exact) mass is 574 g/mol. The molecular weight excluding hydrogens is 540 g/mol. The maximum Gasteiger partial charge on any atom is 0.271 e. The summed E-state index contributed by atoms with van der Waals surface area (Å²) in [5.41, 5.74) is 8.56. The first-order valence-electron chi connectivity index (χ1n) is 14.8. The van der Waals surface area contributed by atoms with Gasteiger partial charge in [-0.2, -0.15) is 5.10 Å². The molecule has 1 aliphatic heterocycles. The fraction of sp³-hybridized carbons (Fsp3) is 0.312. The molecule has 11 heteroatoms. The van der Waals surface area contributed by atoms with E-state index in [1.54, 1.807) is 18.6 Å². The van der Waals surface area contributed by atoms with Crippen molar-refractivity contribution in [3.63, 3.8) is 0 Å². The van der Waals surface area contributed by atoms with E-state index in [-0.39, 0.29) is 5.91 Å². The smallest absolute Gasteiger partial charge is 0.271 e. The molecule has 6 heterocycles. The van der Waals surface area contributed by atoms with Crippen molar-refractivity contribution in [1.29, 1.82) is 0 Å². The van der Waals surface area contributed by atoms with Crippen LogP contribution in [0, 0.1) is 13.8 Å². The molecule has 43 heavy (non-hydrogen) atoms. The molecule has 0 spiro atoms. The Hall–Kier alpha value is -4.90. The molecule has 7 rings (SSSR count). The van der Waals surface area contributed by atoms with Crippen LogP contribution in [-0.2, 0) is 6.54 Å². The number of fused-ring (bicyclic) bond motifs is 2. The number of carbonyl (C=O) groups excluding carboxylic acids is 1. The number of aromatic nitrogens is 8. The predicted octanol–water partition coefficient (Wildman–Crippen LogP) is 4.96. The number of imidazole rings is 2. The number of pyridine rings is 2. The van der Waals surface area contributed by atoms with Crippen molar-refractivity contribution in [3.05, 3.63) is 77.9 Å². The van der Waals surface area contributed by atoms with Gasteiger partial charge < -0.3 is 19.8 Å². The summed E-state index contributed by atoms with van der Waals surface area (Å²) in [6.45, 7) is 9.27. The summed E-state index contributed by atoms with van der Waals surface area (Å²) in [6.07, 6.45) is 10.8. The highest BCUT2D eigenvalue weighted by molar-refractivity contribution is 5.96. The molecule has 1 saturated heterocycles. The minimum absolute atomic E-state index is 0.0478. The van der Waals surface area contributed by atoms with Gasteiger partial charge in [0.1, 0.15) is 22.7 Å². The van der Waals surface area contributed by atoms with Crippen LogP contribution in [0.5, 0.6) is 0 Å². The van der Waals surface area contributed by atoms with Crippen molar-refractivity contribution < 1.29 is 4.79 Å². The van der Waals surface area contributed by atoms with E-state index in [1.807, 2.05) is 36.4 Å².